The number of rotatable bonds is 6. The summed E-state index contributed by atoms with van der Waals surface area (Å²) in [6.07, 6.45) is 1.65. The molecular formula is C12H15N3OS. The zero-order chi connectivity index (χ0) is 11.9. The molecule has 0 spiro atoms. The van der Waals surface area contributed by atoms with E-state index in [0.717, 1.165) is 12.8 Å². The average molecular weight is 249 g/mol. The second-order valence-corrected chi connectivity index (χ2v) is 4.63. The third-order valence-electron chi connectivity index (χ3n) is 2.21. The molecule has 0 bridgehead atoms. The van der Waals surface area contributed by atoms with Crippen LogP contribution in [0, 0.1) is 0 Å². The van der Waals surface area contributed by atoms with Crippen LogP contribution in [0.4, 0.5) is 0 Å². The largest absolute Gasteiger partial charge is 0.424 e. The highest BCUT2D eigenvalue weighted by molar-refractivity contribution is 7.98. The Morgan fingerprint density at radius 3 is 2.65 bits per heavy atom. The van der Waals surface area contributed by atoms with E-state index < -0.39 is 0 Å². The highest BCUT2D eigenvalue weighted by Crippen LogP contribution is 2.21. The van der Waals surface area contributed by atoms with E-state index in [4.69, 9.17) is 10.2 Å². The Labute approximate surface area is 105 Å². The molecule has 0 unspecified atom stereocenters. The topological polar surface area (TPSA) is 64.9 Å². The SMILES string of the molecule is NCCCc1nnc(CSc2ccccc2)o1. The van der Waals surface area contributed by atoms with Gasteiger partial charge in [-0.15, -0.1) is 22.0 Å². The van der Waals surface area contributed by atoms with Crippen LogP contribution in [-0.4, -0.2) is 16.7 Å². The highest BCUT2D eigenvalue weighted by Gasteiger charge is 2.05. The Kier molecular flexibility index (Phi) is 4.58. The number of hydrogen-bond donors (Lipinski definition) is 1. The third kappa shape index (κ3) is 3.87. The summed E-state index contributed by atoms with van der Waals surface area (Å²) in [4.78, 5) is 1.20. The van der Waals surface area contributed by atoms with Gasteiger partial charge in [-0.1, -0.05) is 18.2 Å². The number of nitrogens with two attached hydrogens (primary N) is 1. The van der Waals surface area contributed by atoms with Crippen molar-refractivity contribution in [2.24, 2.45) is 5.73 Å². The second-order valence-electron chi connectivity index (χ2n) is 3.58. The molecule has 5 heteroatoms. The van der Waals surface area contributed by atoms with Crippen molar-refractivity contribution in [3.63, 3.8) is 0 Å². The first kappa shape index (κ1) is 12.1. The Morgan fingerprint density at radius 1 is 1.12 bits per heavy atom. The molecule has 90 valence electrons. The first-order valence-electron chi connectivity index (χ1n) is 5.57. The van der Waals surface area contributed by atoms with E-state index in [-0.39, 0.29) is 0 Å². The zero-order valence-electron chi connectivity index (χ0n) is 9.50. The summed E-state index contributed by atoms with van der Waals surface area (Å²) in [5.74, 6) is 2.06. The smallest absolute Gasteiger partial charge is 0.226 e. The number of hydrogen-bond acceptors (Lipinski definition) is 5. The number of aromatic nitrogens is 2. The van der Waals surface area contributed by atoms with Gasteiger partial charge in [-0.05, 0) is 25.1 Å². The first-order valence-corrected chi connectivity index (χ1v) is 6.56. The number of nitrogens with zero attached hydrogens (tertiary/aromatic N) is 2. The number of thioether (sulfide) groups is 1. The van der Waals surface area contributed by atoms with Crippen LogP contribution in [0.25, 0.3) is 0 Å². The fraction of sp³-hybridized carbons (Fsp3) is 0.333. The first-order chi connectivity index (χ1) is 8.38. The van der Waals surface area contributed by atoms with Crippen LogP contribution in [-0.2, 0) is 12.2 Å². The predicted molar refractivity (Wildman–Crippen MR) is 67.7 cm³/mol. The monoisotopic (exact) mass is 249 g/mol. The van der Waals surface area contributed by atoms with Crippen LogP contribution >= 0.6 is 11.8 Å². The van der Waals surface area contributed by atoms with Crippen LogP contribution in [0.15, 0.2) is 39.6 Å². The molecule has 4 nitrogen and oxygen atoms in total. The van der Waals surface area contributed by atoms with Crippen molar-refractivity contribution in [3.8, 4) is 0 Å². The number of benzene rings is 1. The van der Waals surface area contributed by atoms with Crippen molar-refractivity contribution in [3.05, 3.63) is 42.1 Å². The molecule has 0 fully saturated rings. The standard InChI is InChI=1S/C12H15N3OS/c13-8-4-7-11-14-15-12(16-11)9-17-10-5-2-1-3-6-10/h1-3,5-6H,4,7-9,13H2. The third-order valence-corrected chi connectivity index (χ3v) is 3.21. The summed E-state index contributed by atoms with van der Waals surface area (Å²) in [6, 6.07) is 10.2. The lowest BCUT2D eigenvalue weighted by molar-refractivity contribution is 0.460. The molecular weight excluding hydrogens is 234 g/mol. The van der Waals surface area contributed by atoms with Crippen molar-refractivity contribution < 1.29 is 4.42 Å². The molecule has 2 N–H and O–H groups in total. The van der Waals surface area contributed by atoms with Crippen LogP contribution in [0.2, 0.25) is 0 Å². The summed E-state index contributed by atoms with van der Waals surface area (Å²) in [6.45, 7) is 0.649. The highest BCUT2D eigenvalue weighted by atomic mass is 32.2. The van der Waals surface area contributed by atoms with E-state index in [0.29, 0.717) is 24.1 Å². The minimum Gasteiger partial charge on any atom is -0.424 e. The van der Waals surface area contributed by atoms with Gasteiger partial charge < -0.3 is 10.2 Å². The molecule has 1 aromatic heterocycles. The fourth-order valence-corrected chi connectivity index (χ4v) is 2.12. The van der Waals surface area contributed by atoms with Crippen molar-refractivity contribution in [1.29, 1.82) is 0 Å². The van der Waals surface area contributed by atoms with Gasteiger partial charge in [0.15, 0.2) is 0 Å². The lowest BCUT2D eigenvalue weighted by atomic mass is 10.3. The number of aryl methyl sites for hydroxylation is 1. The van der Waals surface area contributed by atoms with Gasteiger partial charge in [0.05, 0.1) is 5.75 Å². The van der Waals surface area contributed by atoms with Gasteiger partial charge in [-0.25, -0.2) is 0 Å². The Bertz CT molecular complexity index is 444. The second kappa shape index (κ2) is 6.42. The van der Waals surface area contributed by atoms with Gasteiger partial charge in [0.25, 0.3) is 0 Å². The van der Waals surface area contributed by atoms with E-state index in [1.807, 2.05) is 18.2 Å². The Hall–Kier alpha value is -1.33. The van der Waals surface area contributed by atoms with E-state index in [1.54, 1.807) is 11.8 Å². The molecule has 2 aromatic rings. The molecule has 0 atom stereocenters. The summed E-state index contributed by atoms with van der Waals surface area (Å²) in [5, 5.41) is 7.99. The van der Waals surface area contributed by atoms with Gasteiger partial charge in [0, 0.05) is 11.3 Å². The maximum atomic E-state index is 5.51. The molecule has 1 heterocycles. The summed E-state index contributed by atoms with van der Waals surface area (Å²) >= 11 is 1.69. The zero-order valence-corrected chi connectivity index (χ0v) is 10.3. The molecule has 1 aromatic carbocycles. The van der Waals surface area contributed by atoms with Gasteiger partial charge in [-0.3, -0.25) is 0 Å². The van der Waals surface area contributed by atoms with Gasteiger partial charge in [0.1, 0.15) is 0 Å². The molecule has 2 rings (SSSR count). The van der Waals surface area contributed by atoms with E-state index >= 15 is 0 Å². The lowest BCUT2D eigenvalue weighted by Gasteiger charge is -1.96. The maximum Gasteiger partial charge on any atom is 0.226 e. The van der Waals surface area contributed by atoms with Gasteiger partial charge >= 0.3 is 0 Å². The molecule has 0 saturated heterocycles. The molecule has 0 aliphatic heterocycles. The lowest BCUT2D eigenvalue weighted by Crippen LogP contribution is -2.00. The van der Waals surface area contributed by atoms with Crippen molar-refractivity contribution in [2.45, 2.75) is 23.5 Å². The van der Waals surface area contributed by atoms with Crippen LogP contribution < -0.4 is 5.73 Å². The van der Waals surface area contributed by atoms with Crippen molar-refractivity contribution in [1.82, 2.24) is 10.2 Å². The van der Waals surface area contributed by atoms with Crippen LogP contribution in [0.3, 0.4) is 0 Å². The minimum absolute atomic E-state index is 0.649. The van der Waals surface area contributed by atoms with E-state index in [1.165, 1.54) is 4.90 Å². The van der Waals surface area contributed by atoms with Gasteiger partial charge in [0.2, 0.25) is 11.8 Å². The molecule has 17 heavy (non-hydrogen) atoms. The maximum absolute atomic E-state index is 5.51. The fourth-order valence-electron chi connectivity index (χ4n) is 1.36. The summed E-state index contributed by atoms with van der Waals surface area (Å²) in [5.41, 5.74) is 5.42. The Morgan fingerprint density at radius 2 is 1.88 bits per heavy atom. The molecule has 0 amide bonds. The van der Waals surface area contributed by atoms with E-state index in [2.05, 4.69) is 22.3 Å². The van der Waals surface area contributed by atoms with Crippen molar-refractivity contribution >= 4 is 11.8 Å². The quantitative estimate of drug-likeness (QED) is 0.795. The molecule has 0 aliphatic carbocycles. The Balaban J connectivity index is 1.85. The molecule has 0 aliphatic rings. The average Bonchev–Trinajstić information content (AvgIpc) is 2.83. The predicted octanol–water partition coefficient (Wildman–Crippen LogP) is 2.25. The normalized spacial score (nSPS) is 10.6. The molecule has 0 radical (unpaired) electrons. The summed E-state index contributed by atoms with van der Waals surface area (Å²) < 4.78 is 5.51. The molecule has 0 saturated carbocycles. The van der Waals surface area contributed by atoms with E-state index in [9.17, 15) is 0 Å². The van der Waals surface area contributed by atoms with Gasteiger partial charge in [-0.2, -0.15) is 0 Å². The van der Waals surface area contributed by atoms with Crippen LogP contribution in [0.5, 0.6) is 0 Å². The van der Waals surface area contributed by atoms with Crippen LogP contribution in [0.1, 0.15) is 18.2 Å². The van der Waals surface area contributed by atoms with Crippen molar-refractivity contribution in [2.75, 3.05) is 6.54 Å². The summed E-state index contributed by atoms with van der Waals surface area (Å²) in [7, 11) is 0. The minimum atomic E-state index is 0.649.